The maximum absolute atomic E-state index is 12.0. The van der Waals surface area contributed by atoms with E-state index < -0.39 is 5.41 Å². The molecule has 5 heteroatoms. The van der Waals surface area contributed by atoms with E-state index in [4.69, 9.17) is 5.73 Å². The van der Waals surface area contributed by atoms with Crippen LogP contribution in [-0.4, -0.2) is 17.4 Å². The zero-order valence-corrected chi connectivity index (χ0v) is 11.0. The first-order valence-corrected chi connectivity index (χ1v) is 5.94. The average Bonchev–Trinajstić information content (AvgIpc) is 2.31. The van der Waals surface area contributed by atoms with Crippen LogP contribution >= 0.6 is 15.9 Å². The van der Waals surface area contributed by atoms with Crippen LogP contribution in [0.2, 0.25) is 0 Å². The number of hydrogen-bond acceptors (Lipinski definition) is 3. The topological polar surface area (TPSA) is 68.0 Å². The molecule has 0 radical (unpaired) electrons. The molecule has 0 aliphatic carbocycles. The number of aromatic nitrogens is 1. The van der Waals surface area contributed by atoms with E-state index in [1.165, 1.54) is 0 Å². The predicted octanol–water partition coefficient (Wildman–Crippen LogP) is 2.16. The van der Waals surface area contributed by atoms with Gasteiger partial charge in [-0.2, -0.15) is 0 Å². The van der Waals surface area contributed by atoms with Gasteiger partial charge in [0.25, 0.3) is 0 Å². The van der Waals surface area contributed by atoms with Gasteiger partial charge < -0.3 is 11.1 Å². The molecule has 1 amide bonds. The summed E-state index contributed by atoms with van der Waals surface area (Å²) in [6.45, 7) is 4.14. The molecule has 0 aliphatic heterocycles. The molecule has 1 aromatic rings. The lowest BCUT2D eigenvalue weighted by atomic mass is 9.86. The van der Waals surface area contributed by atoms with Crippen molar-refractivity contribution in [2.45, 2.75) is 20.3 Å². The molecule has 88 valence electrons. The third-order valence-corrected chi connectivity index (χ3v) is 3.43. The molecule has 1 heterocycles. The largest absolute Gasteiger partial charge is 0.329 e. The Morgan fingerprint density at radius 1 is 1.69 bits per heavy atom. The molecule has 0 saturated heterocycles. The Bertz CT molecular complexity index is 377. The number of nitrogens with zero attached hydrogens (tertiary/aromatic N) is 1. The number of carbonyl (C=O) groups excluding carboxylic acids is 1. The van der Waals surface area contributed by atoms with Crippen LogP contribution in [0.3, 0.4) is 0 Å². The maximum atomic E-state index is 12.0. The summed E-state index contributed by atoms with van der Waals surface area (Å²) in [7, 11) is 0. The number of carbonyl (C=O) groups is 1. The summed E-state index contributed by atoms with van der Waals surface area (Å²) < 4.78 is 0.763. The van der Waals surface area contributed by atoms with Crippen LogP contribution in [0.4, 0.5) is 5.69 Å². The Labute approximate surface area is 104 Å². The molecule has 16 heavy (non-hydrogen) atoms. The number of nitrogens with one attached hydrogen (secondary N) is 1. The Balaban J connectivity index is 2.83. The summed E-state index contributed by atoms with van der Waals surface area (Å²) in [5, 5.41) is 2.85. The van der Waals surface area contributed by atoms with Gasteiger partial charge in [0.05, 0.1) is 15.6 Å². The van der Waals surface area contributed by atoms with Gasteiger partial charge in [-0.1, -0.05) is 6.92 Å². The summed E-state index contributed by atoms with van der Waals surface area (Å²) in [5.74, 6) is -0.0654. The van der Waals surface area contributed by atoms with Gasteiger partial charge in [0.15, 0.2) is 0 Å². The number of halogens is 1. The van der Waals surface area contributed by atoms with Gasteiger partial charge in [0.2, 0.25) is 5.91 Å². The van der Waals surface area contributed by atoms with Crippen molar-refractivity contribution < 1.29 is 4.79 Å². The van der Waals surface area contributed by atoms with E-state index in [0.29, 0.717) is 18.7 Å². The quantitative estimate of drug-likeness (QED) is 0.891. The van der Waals surface area contributed by atoms with Crippen LogP contribution < -0.4 is 11.1 Å². The first-order chi connectivity index (χ1) is 7.53. The predicted molar refractivity (Wildman–Crippen MR) is 68.0 cm³/mol. The molecule has 0 bridgehead atoms. The van der Waals surface area contributed by atoms with E-state index >= 15 is 0 Å². The summed E-state index contributed by atoms with van der Waals surface area (Å²) in [6.07, 6.45) is 3.98. The normalized spacial score (nSPS) is 14.2. The molecule has 3 N–H and O–H groups in total. The first kappa shape index (κ1) is 13.1. The molecular weight excluding hydrogens is 270 g/mol. The second-order valence-electron chi connectivity index (χ2n) is 3.93. The Kier molecular flexibility index (Phi) is 4.44. The number of nitrogens with two attached hydrogens (primary N) is 1. The molecule has 1 unspecified atom stereocenters. The van der Waals surface area contributed by atoms with Crippen molar-refractivity contribution in [2.75, 3.05) is 11.9 Å². The highest BCUT2D eigenvalue weighted by Gasteiger charge is 2.29. The summed E-state index contributed by atoms with van der Waals surface area (Å²) >= 11 is 3.33. The fraction of sp³-hybridized carbons (Fsp3) is 0.455. The van der Waals surface area contributed by atoms with Gasteiger partial charge in [-0.25, -0.2) is 0 Å². The van der Waals surface area contributed by atoms with E-state index in [2.05, 4.69) is 26.2 Å². The first-order valence-electron chi connectivity index (χ1n) is 5.14. The van der Waals surface area contributed by atoms with Crippen LogP contribution in [0.15, 0.2) is 22.9 Å². The van der Waals surface area contributed by atoms with Gasteiger partial charge in [0, 0.05) is 18.9 Å². The standard InChI is InChI=1S/C11H16BrN3O/c1-3-11(2,7-13)10(16)15-9-4-5-14-6-8(9)12/h4-6H,3,7,13H2,1-2H3,(H,14,15,16). The molecule has 1 aromatic heterocycles. The molecule has 4 nitrogen and oxygen atoms in total. The smallest absolute Gasteiger partial charge is 0.231 e. The van der Waals surface area contributed by atoms with Crippen LogP contribution in [-0.2, 0) is 4.79 Å². The molecule has 0 fully saturated rings. The van der Waals surface area contributed by atoms with Crippen molar-refractivity contribution in [3.63, 3.8) is 0 Å². The monoisotopic (exact) mass is 285 g/mol. The van der Waals surface area contributed by atoms with Gasteiger partial charge in [0.1, 0.15) is 0 Å². The third kappa shape index (κ3) is 2.80. The summed E-state index contributed by atoms with van der Waals surface area (Å²) in [5.41, 5.74) is 5.82. The number of pyridine rings is 1. The molecule has 1 atom stereocenters. The van der Waals surface area contributed by atoms with Gasteiger partial charge >= 0.3 is 0 Å². The van der Waals surface area contributed by atoms with Gasteiger partial charge in [-0.15, -0.1) is 0 Å². The summed E-state index contributed by atoms with van der Waals surface area (Å²) in [6, 6.07) is 1.74. The zero-order valence-electron chi connectivity index (χ0n) is 9.46. The van der Waals surface area contributed by atoms with E-state index in [0.717, 1.165) is 4.47 Å². The maximum Gasteiger partial charge on any atom is 0.231 e. The zero-order chi connectivity index (χ0) is 12.2. The highest BCUT2D eigenvalue weighted by molar-refractivity contribution is 9.10. The lowest BCUT2D eigenvalue weighted by molar-refractivity contribution is -0.124. The molecule has 0 saturated carbocycles. The van der Waals surface area contributed by atoms with Crippen molar-refractivity contribution >= 4 is 27.5 Å². The second kappa shape index (κ2) is 5.41. The molecular formula is C11H16BrN3O. The minimum absolute atomic E-state index is 0.0654. The molecule has 0 aliphatic rings. The highest BCUT2D eigenvalue weighted by Crippen LogP contribution is 2.25. The van der Waals surface area contributed by atoms with Crippen molar-refractivity contribution in [1.82, 2.24) is 4.98 Å². The van der Waals surface area contributed by atoms with Crippen molar-refractivity contribution in [2.24, 2.45) is 11.1 Å². The number of hydrogen-bond donors (Lipinski definition) is 2. The van der Waals surface area contributed by atoms with E-state index in [1.807, 2.05) is 13.8 Å². The van der Waals surface area contributed by atoms with E-state index in [-0.39, 0.29) is 5.91 Å². The molecule has 0 spiro atoms. The summed E-state index contributed by atoms with van der Waals surface area (Å²) in [4.78, 5) is 15.9. The Morgan fingerprint density at radius 2 is 2.38 bits per heavy atom. The average molecular weight is 286 g/mol. The lowest BCUT2D eigenvalue weighted by Gasteiger charge is -2.25. The van der Waals surface area contributed by atoms with Crippen LogP contribution in [0, 0.1) is 5.41 Å². The molecule has 0 aromatic carbocycles. The highest BCUT2D eigenvalue weighted by atomic mass is 79.9. The van der Waals surface area contributed by atoms with Crippen molar-refractivity contribution in [3.05, 3.63) is 22.9 Å². The lowest BCUT2D eigenvalue weighted by Crippen LogP contribution is -2.39. The fourth-order valence-corrected chi connectivity index (χ4v) is 1.50. The molecule has 1 rings (SSSR count). The fourth-order valence-electron chi connectivity index (χ4n) is 1.15. The third-order valence-electron chi connectivity index (χ3n) is 2.80. The van der Waals surface area contributed by atoms with Crippen molar-refractivity contribution in [1.29, 1.82) is 0 Å². The minimum atomic E-state index is -0.525. The van der Waals surface area contributed by atoms with Crippen LogP contribution in [0.1, 0.15) is 20.3 Å². The Hall–Kier alpha value is -0.940. The number of anilines is 1. The minimum Gasteiger partial charge on any atom is -0.329 e. The Morgan fingerprint density at radius 3 is 2.88 bits per heavy atom. The van der Waals surface area contributed by atoms with Crippen LogP contribution in [0.5, 0.6) is 0 Å². The van der Waals surface area contributed by atoms with E-state index in [1.54, 1.807) is 18.5 Å². The van der Waals surface area contributed by atoms with Crippen LogP contribution in [0.25, 0.3) is 0 Å². The van der Waals surface area contributed by atoms with E-state index in [9.17, 15) is 4.79 Å². The number of rotatable bonds is 4. The second-order valence-corrected chi connectivity index (χ2v) is 4.78. The SMILES string of the molecule is CCC(C)(CN)C(=O)Nc1ccncc1Br. The van der Waals surface area contributed by atoms with Crippen molar-refractivity contribution in [3.8, 4) is 0 Å². The van der Waals surface area contributed by atoms with Gasteiger partial charge in [-0.05, 0) is 35.3 Å². The number of amides is 1. The van der Waals surface area contributed by atoms with Gasteiger partial charge in [-0.3, -0.25) is 9.78 Å².